The largest absolute Gasteiger partial charge is 0.444 e. The van der Waals surface area contributed by atoms with Gasteiger partial charge in [0.1, 0.15) is 5.60 Å². The van der Waals surface area contributed by atoms with Gasteiger partial charge in [0.2, 0.25) is 0 Å². The molecule has 6 nitrogen and oxygen atoms in total. The zero-order valence-corrected chi connectivity index (χ0v) is 18.0. The van der Waals surface area contributed by atoms with Gasteiger partial charge in [-0.25, -0.2) is 9.78 Å². The molecule has 1 fully saturated rings. The van der Waals surface area contributed by atoms with Gasteiger partial charge in [0.05, 0.1) is 17.4 Å². The first-order valence-electron chi connectivity index (χ1n) is 10.6. The molecular weight excluding hydrogens is 376 g/mol. The third-order valence-corrected chi connectivity index (χ3v) is 5.35. The molecule has 2 heterocycles. The first-order valence-corrected chi connectivity index (χ1v) is 10.6. The maximum Gasteiger partial charge on any atom is 0.410 e. The van der Waals surface area contributed by atoms with Crippen molar-refractivity contribution < 1.29 is 9.53 Å². The van der Waals surface area contributed by atoms with Gasteiger partial charge in [0.15, 0.2) is 0 Å². The average molecular weight is 407 g/mol. The minimum absolute atomic E-state index is 0.211. The molecule has 0 aliphatic carbocycles. The van der Waals surface area contributed by atoms with Crippen LogP contribution in [0, 0.1) is 0 Å². The van der Waals surface area contributed by atoms with Crippen LogP contribution in [0.2, 0.25) is 0 Å². The van der Waals surface area contributed by atoms with E-state index in [9.17, 15) is 4.79 Å². The highest BCUT2D eigenvalue weighted by atomic mass is 16.6. The molecule has 0 spiro atoms. The summed E-state index contributed by atoms with van der Waals surface area (Å²) in [5.41, 5.74) is 4.08. The zero-order valence-electron chi connectivity index (χ0n) is 18.0. The molecule has 30 heavy (non-hydrogen) atoms. The first-order chi connectivity index (χ1) is 14.4. The number of carbonyl (C=O) groups excluding carboxylic acids is 1. The van der Waals surface area contributed by atoms with Crippen LogP contribution in [0.5, 0.6) is 0 Å². The molecule has 3 aromatic rings. The fourth-order valence-corrected chi connectivity index (χ4v) is 3.81. The van der Waals surface area contributed by atoms with E-state index in [1.54, 1.807) is 0 Å². The number of carbonyl (C=O) groups is 1. The number of anilines is 1. The lowest BCUT2D eigenvalue weighted by molar-refractivity contribution is 0.0210. The lowest BCUT2D eigenvalue weighted by Gasteiger charge is -2.34. The molecule has 2 aromatic carbocycles. The molecule has 0 bridgehead atoms. The SMILES string of the molecule is CC(C)(C)OC(=O)N1CCC(Nc2ccc(Cn3cnc4ccccc43)cc2)CC1. The molecule has 1 saturated heterocycles. The van der Waals surface area contributed by atoms with E-state index in [2.05, 4.69) is 45.2 Å². The number of hydrogen-bond donors (Lipinski definition) is 1. The smallest absolute Gasteiger partial charge is 0.410 e. The second-order valence-corrected chi connectivity index (χ2v) is 8.94. The number of likely N-dealkylation sites (tertiary alicyclic amines) is 1. The Hall–Kier alpha value is -3.02. The van der Waals surface area contributed by atoms with Gasteiger partial charge in [-0.05, 0) is 63.4 Å². The molecule has 0 unspecified atom stereocenters. The second kappa shape index (κ2) is 8.38. The lowest BCUT2D eigenvalue weighted by atomic mass is 10.0. The van der Waals surface area contributed by atoms with Crippen molar-refractivity contribution in [3.8, 4) is 0 Å². The van der Waals surface area contributed by atoms with E-state index < -0.39 is 5.60 Å². The summed E-state index contributed by atoms with van der Waals surface area (Å²) in [4.78, 5) is 18.5. The number of para-hydroxylation sites is 2. The van der Waals surface area contributed by atoms with Gasteiger partial charge in [-0.15, -0.1) is 0 Å². The van der Waals surface area contributed by atoms with Crippen LogP contribution in [0.1, 0.15) is 39.2 Å². The van der Waals surface area contributed by atoms with Crippen molar-refractivity contribution in [2.45, 2.75) is 51.8 Å². The third-order valence-electron chi connectivity index (χ3n) is 5.35. The number of rotatable bonds is 4. The van der Waals surface area contributed by atoms with Gasteiger partial charge in [0, 0.05) is 31.4 Å². The minimum Gasteiger partial charge on any atom is -0.444 e. The number of hydrogen-bond acceptors (Lipinski definition) is 4. The number of amides is 1. The van der Waals surface area contributed by atoms with Crippen molar-refractivity contribution in [2.75, 3.05) is 18.4 Å². The van der Waals surface area contributed by atoms with Crippen molar-refractivity contribution in [2.24, 2.45) is 0 Å². The predicted octanol–water partition coefficient (Wildman–Crippen LogP) is 4.90. The summed E-state index contributed by atoms with van der Waals surface area (Å²) in [6.07, 6.45) is 3.52. The van der Waals surface area contributed by atoms with Crippen LogP contribution < -0.4 is 5.32 Å². The van der Waals surface area contributed by atoms with Gasteiger partial charge < -0.3 is 19.5 Å². The molecule has 4 rings (SSSR count). The number of nitrogens with zero attached hydrogens (tertiary/aromatic N) is 3. The van der Waals surface area contributed by atoms with Crippen LogP contribution in [0.3, 0.4) is 0 Å². The molecule has 1 N–H and O–H groups in total. The van der Waals surface area contributed by atoms with E-state index in [4.69, 9.17) is 4.74 Å². The maximum atomic E-state index is 12.2. The summed E-state index contributed by atoms with van der Waals surface area (Å²) in [5, 5.41) is 3.61. The number of aromatic nitrogens is 2. The highest BCUT2D eigenvalue weighted by Crippen LogP contribution is 2.20. The number of ether oxygens (including phenoxy) is 1. The topological polar surface area (TPSA) is 59.4 Å². The Morgan fingerprint density at radius 1 is 1.10 bits per heavy atom. The summed E-state index contributed by atoms with van der Waals surface area (Å²) in [6, 6.07) is 17.1. The molecule has 1 aromatic heterocycles. The summed E-state index contributed by atoms with van der Waals surface area (Å²) in [5.74, 6) is 0. The molecule has 1 aliphatic heterocycles. The molecule has 0 atom stereocenters. The Morgan fingerprint density at radius 2 is 1.80 bits per heavy atom. The van der Waals surface area contributed by atoms with Crippen LogP contribution in [-0.4, -0.2) is 45.3 Å². The molecule has 6 heteroatoms. The number of fused-ring (bicyclic) bond motifs is 1. The van der Waals surface area contributed by atoms with Crippen LogP contribution in [0.4, 0.5) is 10.5 Å². The highest BCUT2D eigenvalue weighted by Gasteiger charge is 2.26. The van der Waals surface area contributed by atoms with E-state index >= 15 is 0 Å². The van der Waals surface area contributed by atoms with Crippen molar-refractivity contribution >= 4 is 22.8 Å². The number of imidazole rings is 1. The maximum absolute atomic E-state index is 12.2. The van der Waals surface area contributed by atoms with Gasteiger partial charge in [-0.2, -0.15) is 0 Å². The fraction of sp³-hybridized carbons (Fsp3) is 0.417. The van der Waals surface area contributed by atoms with Crippen LogP contribution in [0.15, 0.2) is 54.9 Å². The molecule has 0 radical (unpaired) electrons. The third kappa shape index (κ3) is 4.93. The van der Waals surface area contributed by atoms with Gasteiger partial charge in [-0.1, -0.05) is 24.3 Å². The van der Waals surface area contributed by atoms with Crippen molar-refractivity contribution in [3.63, 3.8) is 0 Å². The van der Waals surface area contributed by atoms with Gasteiger partial charge in [-0.3, -0.25) is 0 Å². The Balaban J connectivity index is 1.30. The number of piperidine rings is 1. The first kappa shape index (κ1) is 20.3. The highest BCUT2D eigenvalue weighted by molar-refractivity contribution is 5.75. The summed E-state index contributed by atoms with van der Waals surface area (Å²) < 4.78 is 7.64. The van der Waals surface area contributed by atoms with Crippen molar-refractivity contribution in [3.05, 3.63) is 60.4 Å². The van der Waals surface area contributed by atoms with Crippen molar-refractivity contribution in [1.29, 1.82) is 0 Å². The number of benzene rings is 2. The predicted molar refractivity (Wildman–Crippen MR) is 120 cm³/mol. The van der Waals surface area contributed by atoms with Crippen LogP contribution >= 0.6 is 0 Å². The molecule has 0 saturated carbocycles. The second-order valence-electron chi connectivity index (χ2n) is 8.94. The van der Waals surface area contributed by atoms with E-state index in [1.807, 2.05) is 50.2 Å². The Bertz CT molecular complexity index is 996. The van der Waals surface area contributed by atoms with Crippen molar-refractivity contribution in [1.82, 2.24) is 14.5 Å². The van der Waals surface area contributed by atoms with Gasteiger partial charge >= 0.3 is 6.09 Å². The summed E-state index contributed by atoms with van der Waals surface area (Å²) in [6.45, 7) is 7.94. The molecule has 1 amide bonds. The molecule has 158 valence electrons. The average Bonchev–Trinajstić information content (AvgIpc) is 3.12. The van der Waals surface area contributed by atoms with Crippen LogP contribution in [-0.2, 0) is 11.3 Å². The lowest BCUT2D eigenvalue weighted by Crippen LogP contribution is -2.44. The normalized spacial score (nSPS) is 15.4. The Labute approximate surface area is 177 Å². The summed E-state index contributed by atoms with van der Waals surface area (Å²) >= 11 is 0. The van der Waals surface area contributed by atoms with Crippen LogP contribution in [0.25, 0.3) is 11.0 Å². The Morgan fingerprint density at radius 3 is 2.50 bits per heavy atom. The zero-order chi connectivity index (χ0) is 21.1. The fourth-order valence-electron chi connectivity index (χ4n) is 3.81. The molecule has 1 aliphatic rings. The van der Waals surface area contributed by atoms with Gasteiger partial charge in [0.25, 0.3) is 0 Å². The van der Waals surface area contributed by atoms with E-state index in [-0.39, 0.29) is 6.09 Å². The number of nitrogens with one attached hydrogen (secondary N) is 1. The molecular formula is C24H30N4O2. The van der Waals surface area contributed by atoms with E-state index in [1.165, 1.54) is 5.56 Å². The monoisotopic (exact) mass is 406 g/mol. The minimum atomic E-state index is -0.447. The quantitative estimate of drug-likeness (QED) is 0.670. The van der Waals surface area contributed by atoms with E-state index in [0.717, 1.165) is 49.2 Å². The summed E-state index contributed by atoms with van der Waals surface area (Å²) in [7, 11) is 0. The van der Waals surface area contributed by atoms with E-state index in [0.29, 0.717) is 6.04 Å². The Kier molecular flexibility index (Phi) is 5.66. The standard InChI is InChI=1S/C24H30N4O2/c1-24(2,3)30-23(29)27-14-12-20(13-15-27)26-19-10-8-18(9-11-19)16-28-17-25-21-6-4-5-7-22(21)28/h4-11,17,20,26H,12-16H2,1-3H3.